The Morgan fingerprint density at radius 2 is 2.59 bits per heavy atom. The minimum Gasteiger partial charge on any atom is -0.467 e. The molecular weight excluding hydrogens is 244 g/mol. The summed E-state index contributed by atoms with van der Waals surface area (Å²) >= 11 is 1.35. The summed E-state index contributed by atoms with van der Waals surface area (Å²) < 4.78 is 7.03. The van der Waals surface area contributed by atoms with Gasteiger partial charge in [-0.15, -0.1) is 0 Å². The van der Waals surface area contributed by atoms with Gasteiger partial charge < -0.3 is 20.2 Å². The first-order valence-corrected chi connectivity index (χ1v) is 6.11. The predicted octanol–water partition coefficient (Wildman–Crippen LogP) is 1.04. The Hall–Kier alpha value is -1.67. The maximum Gasteiger partial charge on any atom is 0.393 e. The smallest absolute Gasteiger partial charge is 0.393 e. The van der Waals surface area contributed by atoms with E-state index in [2.05, 4.69) is 10.3 Å². The number of hydrogen-bond acceptors (Lipinski definition) is 6. The maximum atomic E-state index is 11.0. The number of ether oxygens (including phenoxy) is 1. The van der Waals surface area contributed by atoms with Gasteiger partial charge in [0.1, 0.15) is 12.3 Å². The third-order valence-electron chi connectivity index (χ3n) is 2.67. The van der Waals surface area contributed by atoms with Crippen molar-refractivity contribution in [2.24, 2.45) is 0 Å². The molecule has 0 saturated carbocycles. The predicted molar refractivity (Wildman–Crippen MR) is 61.6 cm³/mol. The van der Waals surface area contributed by atoms with Gasteiger partial charge in [0, 0.05) is 11.9 Å². The minimum absolute atomic E-state index is 0.0293. The summed E-state index contributed by atoms with van der Waals surface area (Å²) in [7, 11) is 0. The van der Waals surface area contributed by atoms with Crippen molar-refractivity contribution in [2.45, 2.75) is 12.5 Å². The Morgan fingerprint density at radius 3 is 3.29 bits per heavy atom. The lowest BCUT2D eigenvalue weighted by Gasteiger charge is -2.08. The van der Waals surface area contributed by atoms with Gasteiger partial charge in [0.15, 0.2) is 0 Å². The quantitative estimate of drug-likeness (QED) is 0.654. The van der Waals surface area contributed by atoms with Gasteiger partial charge in [-0.2, -0.15) is 9.38 Å². The van der Waals surface area contributed by atoms with E-state index in [4.69, 9.17) is 4.74 Å². The van der Waals surface area contributed by atoms with Crippen LogP contribution in [0.4, 0.5) is 5.82 Å². The molecule has 0 radical (unpaired) electrons. The van der Waals surface area contributed by atoms with Crippen molar-refractivity contribution in [3.8, 4) is 5.88 Å². The molecule has 7 nitrogen and oxygen atoms in total. The lowest BCUT2D eigenvalue weighted by molar-refractivity contribution is -0.391. The van der Waals surface area contributed by atoms with E-state index in [1.165, 1.54) is 15.7 Å². The number of fused-ring (bicyclic) bond motifs is 1. The van der Waals surface area contributed by atoms with Gasteiger partial charge in [0.05, 0.1) is 0 Å². The van der Waals surface area contributed by atoms with Gasteiger partial charge in [0.25, 0.3) is 4.96 Å². The van der Waals surface area contributed by atoms with Gasteiger partial charge in [0.2, 0.25) is 0 Å². The van der Waals surface area contributed by atoms with E-state index in [0.29, 0.717) is 11.5 Å². The van der Waals surface area contributed by atoms with Crippen LogP contribution >= 0.6 is 11.3 Å². The van der Waals surface area contributed by atoms with Crippen LogP contribution in [0.2, 0.25) is 0 Å². The minimum atomic E-state index is -0.454. The molecule has 3 rings (SSSR count). The van der Waals surface area contributed by atoms with Crippen molar-refractivity contribution < 1.29 is 9.66 Å². The van der Waals surface area contributed by atoms with Crippen LogP contribution in [0.3, 0.4) is 0 Å². The molecule has 1 aliphatic heterocycles. The van der Waals surface area contributed by atoms with Crippen molar-refractivity contribution in [1.82, 2.24) is 14.7 Å². The Morgan fingerprint density at radius 1 is 1.71 bits per heavy atom. The number of imidazole rings is 1. The Bertz CT molecular complexity index is 558. The number of hydrogen-bond donors (Lipinski definition) is 1. The van der Waals surface area contributed by atoms with E-state index in [-0.39, 0.29) is 17.8 Å². The topological polar surface area (TPSA) is 81.7 Å². The van der Waals surface area contributed by atoms with Crippen molar-refractivity contribution >= 4 is 22.1 Å². The molecule has 2 aromatic heterocycles. The number of nitrogens with zero attached hydrogens (tertiary/aromatic N) is 3. The van der Waals surface area contributed by atoms with Crippen LogP contribution in [-0.2, 0) is 0 Å². The van der Waals surface area contributed by atoms with Gasteiger partial charge in [-0.1, -0.05) is 11.3 Å². The second-order valence-electron chi connectivity index (χ2n) is 3.79. The van der Waals surface area contributed by atoms with Crippen molar-refractivity contribution in [3.05, 3.63) is 21.7 Å². The fourth-order valence-electron chi connectivity index (χ4n) is 1.89. The zero-order valence-electron chi connectivity index (χ0n) is 8.83. The Kier molecular flexibility index (Phi) is 2.45. The fourth-order valence-corrected chi connectivity index (χ4v) is 2.59. The largest absolute Gasteiger partial charge is 0.467 e. The second kappa shape index (κ2) is 3.97. The van der Waals surface area contributed by atoms with E-state index < -0.39 is 4.92 Å². The third-order valence-corrected chi connectivity index (χ3v) is 3.43. The van der Waals surface area contributed by atoms with Crippen LogP contribution in [0.25, 0.3) is 4.96 Å². The van der Waals surface area contributed by atoms with E-state index in [1.807, 2.05) is 0 Å². The molecule has 8 heteroatoms. The molecule has 0 spiro atoms. The molecular formula is C9H10N4O3S. The monoisotopic (exact) mass is 254 g/mol. The molecule has 3 heterocycles. The van der Waals surface area contributed by atoms with Gasteiger partial charge in [-0.3, -0.25) is 0 Å². The van der Waals surface area contributed by atoms with E-state index in [9.17, 15) is 10.1 Å². The van der Waals surface area contributed by atoms with Crippen LogP contribution < -0.4 is 10.1 Å². The van der Waals surface area contributed by atoms with Gasteiger partial charge in [-0.05, 0) is 17.9 Å². The summed E-state index contributed by atoms with van der Waals surface area (Å²) in [4.78, 5) is 15.3. The molecule has 1 unspecified atom stereocenters. The highest BCUT2D eigenvalue weighted by Crippen LogP contribution is 2.31. The molecule has 90 valence electrons. The highest BCUT2D eigenvalue weighted by molar-refractivity contribution is 7.15. The normalized spacial score (nSPS) is 19.9. The molecule has 2 aromatic rings. The first-order valence-electron chi connectivity index (χ1n) is 5.23. The number of aromatic nitrogens is 2. The SMILES string of the molecule is O=[N+]([O-])c1c(OC2CCNC2)nc2sccn12. The molecule has 1 saturated heterocycles. The molecule has 1 N–H and O–H groups in total. The summed E-state index contributed by atoms with van der Waals surface area (Å²) in [5, 5.41) is 15.9. The zero-order valence-corrected chi connectivity index (χ0v) is 9.64. The standard InChI is InChI=1S/C9H10N4O3S/c14-13(15)8-7(16-6-1-2-10-5-6)11-9-12(8)3-4-17-9/h3-4,6,10H,1-2,5H2. The van der Waals surface area contributed by atoms with Crippen LogP contribution in [0.5, 0.6) is 5.88 Å². The van der Waals surface area contributed by atoms with E-state index in [0.717, 1.165) is 13.0 Å². The van der Waals surface area contributed by atoms with E-state index in [1.54, 1.807) is 11.6 Å². The summed E-state index contributed by atoms with van der Waals surface area (Å²) in [5.74, 6) is 0.0312. The van der Waals surface area contributed by atoms with Crippen LogP contribution in [0.1, 0.15) is 6.42 Å². The molecule has 0 amide bonds. The van der Waals surface area contributed by atoms with Crippen LogP contribution in [-0.4, -0.2) is 33.5 Å². The first kappa shape index (κ1) is 10.5. The lowest BCUT2D eigenvalue weighted by Crippen LogP contribution is -2.20. The number of nitro groups is 1. The summed E-state index contributed by atoms with van der Waals surface area (Å²) in [6.45, 7) is 1.59. The third kappa shape index (κ3) is 1.75. The van der Waals surface area contributed by atoms with E-state index >= 15 is 0 Å². The highest BCUT2D eigenvalue weighted by atomic mass is 32.1. The fraction of sp³-hybridized carbons (Fsp3) is 0.444. The lowest BCUT2D eigenvalue weighted by atomic mass is 10.3. The average molecular weight is 254 g/mol. The molecule has 0 aromatic carbocycles. The highest BCUT2D eigenvalue weighted by Gasteiger charge is 2.28. The summed E-state index contributed by atoms with van der Waals surface area (Å²) in [6.07, 6.45) is 2.45. The van der Waals surface area contributed by atoms with Gasteiger partial charge in [-0.25, -0.2) is 0 Å². The average Bonchev–Trinajstić information content (AvgIpc) is 2.92. The zero-order chi connectivity index (χ0) is 11.8. The van der Waals surface area contributed by atoms with Crippen molar-refractivity contribution in [2.75, 3.05) is 13.1 Å². The maximum absolute atomic E-state index is 11.0. The molecule has 0 bridgehead atoms. The van der Waals surface area contributed by atoms with Crippen LogP contribution in [0, 0.1) is 10.1 Å². The first-order chi connectivity index (χ1) is 8.25. The van der Waals surface area contributed by atoms with Gasteiger partial charge >= 0.3 is 11.7 Å². The second-order valence-corrected chi connectivity index (χ2v) is 4.66. The molecule has 1 fully saturated rings. The molecule has 17 heavy (non-hydrogen) atoms. The Balaban J connectivity index is 1.99. The summed E-state index contributed by atoms with van der Waals surface area (Å²) in [6, 6.07) is 0. The number of nitrogens with one attached hydrogen (secondary N) is 1. The molecule has 0 aliphatic carbocycles. The Labute approximate surface area is 100 Å². The molecule has 1 atom stereocenters. The summed E-state index contributed by atoms with van der Waals surface area (Å²) in [5.41, 5.74) is 0. The van der Waals surface area contributed by atoms with Crippen LogP contribution in [0.15, 0.2) is 11.6 Å². The van der Waals surface area contributed by atoms with Crippen molar-refractivity contribution in [1.29, 1.82) is 0 Å². The molecule has 1 aliphatic rings. The number of thiazole rings is 1. The van der Waals surface area contributed by atoms with Crippen molar-refractivity contribution in [3.63, 3.8) is 0 Å². The number of rotatable bonds is 3.